The second kappa shape index (κ2) is 4.07. The second-order valence-corrected chi connectivity index (χ2v) is 2.99. The maximum atomic E-state index is 10.4. The number of nitrogens with two attached hydrogens (primary N) is 1. The molecule has 0 saturated heterocycles. The summed E-state index contributed by atoms with van der Waals surface area (Å²) >= 11 is 1.29. The minimum Gasteiger partial charge on any atom is -0.480 e. The van der Waals surface area contributed by atoms with Gasteiger partial charge in [-0.2, -0.15) is 0 Å². The van der Waals surface area contributed by atoms with Gasteiger partial charge in [0.2, 0.25) is 0 Å². The van der Waals surface area contributed by atoms with E-state index in [2.05, 4.69) is 15.4 Å². The smallest absolute Gasteiger partial charge is 0.329 e. The van der Waals surface area contributed by atoms with Gasteiger partial charge in [-0.05, 0) is 0 Å². The molecule has 7 heteroatoms. The number of hydrogen-bond acceptors (Lipinski definition) is 5. The maximum absolute atomic E-state index is 10.4. The van der Waals surface area contributed by atoms with Crippen molar-refractivity contribution in [1.29, 1.82) is 0 Å². The Labute approximate surface area is 72.9 Å². The zero-order chi connectivity index (χ0) is 8.97. The van der Waals surface area contributed by atoms with Gasteiger partial charge in [0, 0.05) is 5.75 Å². The van der Waals surface area contributed by atoms with Gasteiger partial charge >= 0.3 is 5.97 Å². The summed E-state index contributed by atoms with van der Waals surface area (Å²) in [4.78, 5) is 18.0. The van der Waals surface area contributed by atoms with Crippen molar-refractivity contribution in [2.45, 2.75) is 6.04 Å². The average Bonchev–Trinajstić information content (AvgIpc) is 2.48. The minimum absolute atomic E-state index is 0.437. The van der Waals surface area contributed by atoms with E-state index >= 15 is 0 Å². The first kappa shape index (κ1) is 9.01. The first-order chi connectivity index (χ1) is 5.74. The lowest BCUT2D eigenvalue weighted by Gasteiger charge is -1.93. The highest BCUT2D eigenvalue weighted by atomic mass is 32.2. The number of carboxylic acids is 1. The van der Waals surface area contributed by atoms with E-state index in [0.29, 0.717) is 10.9 Å². The highest BCUT2D eigenvalue weighted by molar-refractivity contribution is 8.14. The zero-order valence-corrected chi connectivity index (χ0v) is 6.91. The molecule has 0 saturated carbocycles. The molecule has 66 valence electrons. The van der Waals surface area contributed by atoms with Crippen molar-refractivity contribution in [3.63, 3.8) is 0 Å². The fraction of sp³-hybridized carbons (Fsp3) is 0.400. The van der Waals surface area contributed by atoms with Crippen LogP contribution >= 0.6 is 11.8 Å². The van der Waals surface area contributed by atoms with E-state index < -0.39 is 12.0 Å². The predicted octanol–water partition coefficient (Wildman–Crippen LogP) is -0.966. The van der Waals surface area contributed by atoms with Gasteiger partial charge in [0.15, 0.2) is 11.2 Å². The molecule has 0 radical (unpaired) electrons. The summed E-state index contributed by atoms with van der Waals surface area (Å²) in [7, 11) is 0. The summed E-state index contributed by atoms with van der Waals surface area (Å²) in [5, 5.41) is 8.99. The van der Waals surface area contributed by atoms with Crippen LogP contribution in [0, 0.1) is 0 Å². The van der Waals surface area contributed by atoms with E-state index in [1.807, 2.05) is 0 Å². The van der Waals surface area contributed by atoms with Gasteiger partial charge in [-0.3, -0.25) is 0 Å². The number of thioether (sulfide) groups is 1. The Morgan fingerprint density at radius 3 is 3.25 bits per heavy atom. The molecule has 0 aromatic heterocycles. The topological polar surface area (TPSA) is 100 Å². The number of nitrogens with one attached hydrogen (secondary N) is 1. The molecule has 0 unspecified atom stereocenters. The highest BCUT2D eigenvalue weighted by Crippen LogP contribution is 2.18. The zero-order valence-electron chi connectivity index (χ0n) is 6.10. The monoisotopic (exact) mass is 188 g/mol. The van der Waals surface area contributed by atoms with Crippen molar-refractivity contribution >= 4 is 29.2 Å². The third-order valence-electron chi connectivity index (χ3n) is 1.17. The van der Waals surface area contributed by atoms with E-state index in [0.717, 1.165) is 0 Å². The Balaban J connectivity index is 2.54. The molecule has 0 fully saturated rings. The van der Waals surface area contributed by atoms with Crippen molar-refractivity contribution in [3.05, 3.63) is 0 Å². The normalized spacial score (nSPS) is 22.8. The van der Waals surface area contributed by atoms with E-state index in [4.69, 9.17) is 10.9 Å². The first-order valence-electron chi connectivity index (χ1n) is 3.16. The number of aliphatic carboxylic acids is 1. The van der Waals surface area contributed by atoms with Crippen molar-refractivity contribution in [2.75, 3.05) is 5.75 Å². The number of nitrogens with zero attached hydrogens (tertiary/aromatic N) is 2. The van der Waals surface area contributed by atoms with Gasteiger partial charge in [-0.1, -0.05) is 11.8 Å². The summed E-state index contributed by atoms with van der Waals surface area (Å²) in [5.74, 6) is 4.44. The number of carboxylic acid groups (broad SMARTS) is 1. The van der Waals surface area contributed by atoms with Gasteiger partial charge in [0.25, 0.3) is 0 Å². The molecule has 1 aliphatic heterocycles. The molecular weight excluding hydrogens is 180 g/mol. The number of aliphatic imine (C=N–C) groups is 2. The number of carbonyl (C=O) groups is 1. The highest BCUT2D eigenvalue weighted by Gasteiger charge is 2.23. The fourth-order valence-electron chi connectivity index (χ4n) is 0.651. The van der Waals surface area contributed by atoms with Crippen LogP contribution in [-0.4, -0.2) is 34.4 Å². The molecule has 0 spiro atoms. The van der Waals surface area contributed by atoms with Gasteiger partial charge in [0.05, 0.1) is 0 Å². The van der Waals surface area contributed by atoms with E-state index in [1.54, 1.807) is 0 Å². The Morgan fingerprint density at radius 2 is 2.75 bits per heavy atom. The molecule has 1 atom stereocenters. The van der Waals surface area contributed by atoms with E-state index in [-0.39, 0.29) is 0 Å². The SMILES string of the molecule is NN/C=N/C1=N[C@@H](C(=O)O)CS1. The summed E-state index contributed by atoms with van der Waals surface area (Å²) in [6, 6.07) is -0.667. The quantitative estimate of drug-likeness (QED) is 0.224. The van der Waals surface area contributed by atoms with Gasteiger partial charge in [-0.15, -0.1) is 0 Å². The molecule has 0 bridgehead atoms. The van der Waals surface area contributed by atoms with Crippen LogP contribution in [-0.2, 0) is 4.79 Å². The molecule has 0 aromatic rings. The molecule has 0 aromatic carbocycles. The van der Waals surface area contributed by atoms with Crippen molar-refractivity contribution in [2.24, 2.45) is 15.8 Å². The Morgan fingerprint density at radius 1 is 2.00 bits per heavy atom. The van der Waals surface area contributed by atoms with Crippen molar-refractivity contribution in [3.8, 4) is 0 Å². The Hall–Kier alpha value is -1.08. The lowest BCUT2D eigenvalue weighted by molar-refractivity contribution is -0.137. The maximum Gasteiger partial charge on any atom is 0.329 e. The summed E-state index contributed by atoms with van der Waals surface area (Å²) in [6.07, 6.45) is 1.26. The third-order valence-corrected chi connectivity index (χ3v) is 2.12. The number of hydrogen-bond donors (Lipinski definition) is 3. The van der Waals surface area contributed by atoms with Crippen LogP contribution in [0.25, 0.3) is 0 Å². The molecular formula is C5H8N4O2S. The number of hydrazine groups is 1. The summed E-state index contributed by atoms with van der Waals surface area (Å²) in [6.45, 7) is 0. The van der Waals surface area contributed by atoms with E-state index in [9.17, 15) is 4.79 Å². The largest absolute Gasteiger partial charge is 0.480 e. The Kier molecular flexibility index (Phi) is 3.06. The molecule has 4 N–H and O–H groups in total. The third kappa shape index (κ3) is 2.21. The molecule has 0 aliphatic carbocycles. The second-order valence-electron chi connectivity index (χ2n) is 2.00. The van der Waals surface area contributed by atoms with Gasteiger partial charge < -0.3 is 10.5 Å². The molecule has 1 rings (SSSR count). The van der Waals surface area contributed by atoms with Gasteiger partial charge in [0.1, 0.15) is 6.34 Å². The van der Waals surface area contributed by atoms with Crippen LogP contribution in [0.5, 0.6) is 0 Å². The number of amidine groups is 1. The summed E-state index contributed by atoms with van der Waals surface area (Å²) in [5.41, 5.74) is 2.21. The molecule has 0 amide bonds. The van der Waals surface area contributed by atoms with Crippen molar-refractivity contribution < 1.29 is 9.90 Å². The van der Waals surface area contributed by atoms with Crippen LogP contribution in [0.1, 0.15) is 0 Å². The fourth-order valence-corrected chi connectivity index (χ4v) is 1.50. The average molecular weight is 188 g/mol. The van der Waals surface area contributed by atoms with Crippen LogP contribution < -0.4 is 11.3 Å². The minimum atomic E-state index is -0.923. The molecule has 12 heavy (non-hydrogen) atoms. The first-order valence-corrected chi connectivity index (χ1v) is 4.14. The molecule has 1 aliphatic rings. The van der Waals surface area contributed by atoms with E-state index in [1.165, 1.54) is 18.1 Å². The van der Waals surface area contributed by atoms with Crippen LogP contribution in [0.15, 0.2) is 9.98 Å². The lowest BCUT2D eigenvalue weighted by atomic mass is 10.4. The van der Waals surface area contributed by atoms with Gasteiger partial charge in [-0.25, -0.2) is 20.6 Å². The van der Waals surface area contributed by atoms with Crippen LogP contribution in [0.2, 0.25) is 0 Å². The predicted molar refractivity (Wildman–Crippen MR) is 47.1 cm³/mol. The van der Waals surface area contributed by atoms with Crippen LogP contribution in [0.4, 0.5) is 0 Å². The summed E-state index contributed by atoms with van der Waals surface area (Å²) < 4.78 is 0. The molecule has 6 nitrogen and oxygen atoms in total. The number of rotatable bonds is 2. The molecule has 1 heterocycles. The standard InChI is InChI=1S/C5H8N4O2S/c6-8-2-7-5-9-3(1-12-5)4(10)11/h2-3H,1,6H2,(H,10,11)(H,7,8,9)/t3-/m1/s1. The Bertz CT molecular complexity index is 240. The van der Waals surface area contributed by atoms with Crippen molar-refractivity contribution in [1.82, 2.24) is 5.43 Å². The van der Waals surface area contributed by atoms with Crippen LogP contribution in [0.3, 0.4) is 0 Å². The lowest BCUT2D eigenvalue weighted by Crippen LogP contribution is -2.19.